The van der Waals surface area contributed by atoms with Gasteiger partial charge in [0.05, 0.1) is 11.6 Å². The Bertz CT molecular complexity index is 446. The number of hydrogen-bond acceptors (Lipinski definition) is 2. The van der Waals surface area contributed by atoms with Crippen molar-refractivity contribution in [3.05, 3.63) is 34.6 Å². The van der Waals surface area contributed by atoms with Crippen molar-refractivity contribution in [3.63, 3.8) is 0 Å². The fourth-order valence-corrected chi connectivity index (χ4v) is 3.46. The molecule has 1 atom stereocenters. The molecule has 0 saturated heterocycles. The lowest BCUT2D eigenvalue weighted by Gasteiger charge is -2.38. The van der Waals surface area contributed by atoms with Gasteiger partial charge in [-0.05, 0) is 38.4 Å². The molecule has 0 spiro atoms. The molecule has 1 aromatic carbocycles. The van der Waals surface area contributed by atoms with Gasteiger partial charge in [-0.25, -0.2) is 4.39 Å². The van der Waals surface area contributed by atoms with E-state index in [1.807, 2.05) is 13.8 Å². The first-order valence-electron chi connectivity index (χ1n) is 7.45. The molecule has 1 saturated carbocycles. The lowest BCUT2D eigenvalue weighted by Crippen LogP contribution is -2.44. The van der Waals surface area contributed by atoms with Gasteiger partial charge in [0.15, 0.2) is 0 Å². The summed E-state index contributed by atoms with van der Waals surface area (Å²) in [7, 11) is 0. The Morgan fingerprint density at radius 1 is 1.35 bits per heavy atom. The van der Waals surface area contributed by atoms with Crippen molar-refractivity contribution in [2.45, 2.75) is 51.2 Å². The van der Waals surface area contributed by atoms with E-state index in [9.17, 15) is 4.39 Å². The highest BCUT2D eigenvalue weighted by molar-refractivity contribution is 6.30. The van der Waals surface area contributed by atoms with E-state index in [0.717, 1.165) is 32.2 Å². The predicted molar refractivity (Wildman–Crippen MR) is 80.7 cm³/mol. The van der Waals surface area contributed by atoms with Gasteiger partial charge >= 0.3 is 0 Å². The molecule has 1 fully saturated rings. The molecule has 4 heteroatoms. The average Bonchev–Trinajstić information content (AvgIpc) is 2.87. The first kappa shape index (κ1) is 15.7. The van der Waals surface area contributed by atoms with Gasteiger partial charge < -0.3 is 10.1 Å². The highest BCUT2D eigenvalue weighted by Crippen LogP contribution is 2.43. The van der Waals surface area contributed by atoms with E-state index in [2.05, 4.69) is 5.32 Å². The monoisotopic (exact) mass is 299 g/mol. The van der Waals surface area contributed by atoms with Crippen LogP contribution in [0.15, 0.2) is 18.2 Å². The second-order valence-electron chi connectivity index (χ2n) is 5.36. The Balaban J connectivity index is 2.38. The van der Waals surface area contributed by atoms with Crippen LogP contribution in [0.1, 0.15) is 51.1 Å². The predicted octanol–water partition coefficient (Wildman–Crippen LogP) is 4.48. The first-order chi connectivity index (χ1) is 9.63. The molecule has 1 aromatic rings. The zero-order valence-corrected chi connectivity index (χ0v) is 13.0. The summed E-state index contributed by atoms with van der Waals surface area (Å²) in [5, 5.41) is 3.85. The van der Waals surface area contributed by atoms with Crippen LogP contribution in [-0.2, 0) is 4.74 Å². The number of ether oxygens (including phenoxy) is 1. The van der Waals surface area contributed by atoms with Crippen molar-refractivity contribution in [3.8, 4) is 0 Å². The molecule has 1 unspecified atom stereocenters. The lowest BCUT2D eigenvalue weighted by molar-refractivity contribution is -0.0630. The van der Waals surface area contributed by atoms with E-state index < -0.39 is 0 Å². The fourth-order valence-electron chi connectivity index (χ4n) is 3.30. The largest absolute Gasteiger partial charge is 0.373 e. The molecule has 1 N–H and O–H groups in total. The number of likely N-dealkylation sites (N-methyl/N-ethyl adjacent to an activating group) is 1. The summed E-state index contributed by atoms with van der Waals surface area (Å²) in [6.45, 7) is 5.47. The molecular weight excluding hydrogens is 277 g/mol. The molecule has 1 aliphatic carbocycles. The normalized spacial score (nSPS) is 19.2. The summed E-state index contributed by atoms with van der Waals surface area (Å²) in [5.74, 6) is -0.255. The van der Waals surface area contributed by atoms with E-state index in [1.165, 1.54) is 6.07 Å². The van der Waals surface area contributed by atoms with Crippen LogP contribution in [0.2, 0.25) is 5.02 Å². The summed E-state index contributed by atoms with van der Waals surface area (Å²) >= 11 is 5.86. The highest BCUT2D eigenvalue weighted by Gasteiger charge is 2.43. The van der Waals surface area contributed by atoms with E-state index in [1.54, 1.807) is 12.1 Å². The Labute approximate surface area is 125 Å². The summed E-state index contributed by atoms with van der Waals surface area (Å²) in [4.78, 5) is 0. The summed E-state index contributed by atoms with van der Waals surface area (Å²) in [5.41, 5.74) is 0.367. The van der Waals surface area contributed by atoms with Crippen molar-refractivity contribution in [2.75, 3.05) is 13.2 Å². The smallest absolute Gasteiger partial charge is 0.129 e. The molecule has 0 aliphatic heterocycles. The number of halogens is 2. The maximum Gasteiger partial charge on any atom is 0.129 e. The Kier molecular flexibility index (Phi) is 5.42. The molecule has 0 radical (unpaired) electrons. The van der Waals surface area contributed by atoms with Crippen LogP contribution in [0, 0.1) is 5.82 Å². The van der Waals surface area contributed by atoms with E-state index in [-0.39, 0.29) is 17.5 Å². The maximum absolute atomic E-state index is 14.3. The van der Waals surface area contributed by atoms with Gasteiger partial charge in [0, 0.05) is 17.2 Å². The van der Waals surface area contributed by atoms with E-state index in [4.69, 9.17) is 16.3 Å². The molecule has 2 nitrogen and oxygen atoms in total. The minimum absolute atomic E-state index is 0.118. The third-order valence-electron chi connectivity index (χ3n) is 4.09. The van der Waals surface area contributed by atoms with Gasteiger partial charge in [0.2, 0.25) is 0 Å². The van der Waals surface area contributed by atoms with Crippen LogP contribution in [0.4, 0.5) is 4.39 Å². The van der Waals surface area contributed by atoms with Crippen LogP contribution in [0.25, 0.3) is 0 Å². The van der Waals surface area contributed by atoms with Gasteiger partial charge in [-0.1, -0.05) is 37.4 Å². The Morgan fingerprint density at radius 2 is 2.05 bits per heavy atom. The van der Waals surface area contributed by atoms with Gasteiger partial charge in [0.1, 0.15) is 5.82 Å². The van der Waals surface area contributed by atoms with Crippen LogP contribution in [0.5, 0.6) is 0 Å². The van der Waals surface area contributed by atoms with Crippen LogP contribution in [0.3, 0.4) is 0 Å². The van der Waals surface area contributed by atoms with Gasteiger partial charge in [-0.2, -0.15) is 0 Å². The zero-order valence-electron chi connectivity index (χ0n) is 12.2. The van der Waals surface area contributed by atoms with Crippen molar-refractivity contribution in [1.29, 1.82) is 0 Å². The van der Waals surface area contributed by atoms with Gasteiger partial charge in [-0.3, -0.25) is 0 Å². The standard InChI is InChI=1S/C16H23ClFNO/c1-3-19-15(13-8-7-12(17)11-14(13)18)16(20-4-2)9-5-6-10-16/h7-8,11,15,19H,3-6,9-10H2,1-2H3. The van der Waals surface area contributed by atoms with Crippen LogP contribution in [-0.4, -0.2) is 18.8 Å². The quantitative estimate of drug-likeness (QED) is 0.836. The Hall–Kier alpha value is -0.640. The van der Waals surface area contributed by atoms with E-state index in [0.29, 0.717) is 17.2 Å². The average molecular weight is 300 g/mol. The molecule has 20 heavy (non-hydrogen) atoms. The highest BCUT2D eigenvalue weighted by atomic mass is 35.5. The maximum atomic E-state index is 14.3. The van der Waals surface area contributed by atoms with Crippen molar-refractivity contribution < 1.29 is 9.13 Å². The molecule has 0 aromatic heterocycles. The molecule has 2 rings (SSSR count). The second-order valence-corrected chi connectivity index (χ2v) is 5.80. The minimum atomic E-state index is -0.292. The molecule has 0 amide bonds. The minimum Gasteiger partial charge on any atom is -0.373 e. The lowest BCUT2D eigenvalue weighted by atomic mass is 9.86. The Morgan fingerprint density at radius 3 is 2.60 bits per heavy atom. The fraction of sp³-hybridized carbons (Fsp3) is 0.625. The SMILES string of the molecule is CCNC(c1ccc(Cl)cc1F)C1(OCC)CCCC1. The summed E-state index contributed by atoms with van der Waals surface area (Å²) < 4.78 is 20.4. The molecule has 112 valence electrons. The first-order valence-corrected chi connectivity index (χ1v) is 7.83. The third-order valence-corrected chi connectivity index (χ3v) is 4.32. The number of rotatable bonds is 6. The summed E-state index contributed by atoms with van der Waals surface area (Å²) in [6.07, 6.45) is 4.22. The molecule has 1 aliphatic rings. The third kappa shape index (κ3) is 3.16. The number of hydrogen-bond donors (Lipinski definition) is 1. The second kappa shape index (κ2) is 6.88. The van der Waals surface area contributed by atoms with E-state index >= 15 is 0 Å². The summed E-state index contributed by atoms with van der Waals surface area (Å²) in [6, 6.07) is 4.80. The van der Waals surface area contributed by atoms with Gasteiger partial charge in [-0.15, -0.1) is 0 Å². The van der Waals surface area contributed by atoms with Crippen molar-refractivity contribution in [1.82, 2.24) is 5.32 Å². The van der Waals surface area contributed by atoms with Crippen LogP contribution < -0.4 is 5.32 Å². The van der Waals surface area contributed by atoms with Crippen molar-refractivity contribution >= 4 is 11.6 Å². The molecule has 0 heterocycles. The number of benzene rings is 1. The number of nitrogens with one attached hydrogen (secondary N) is 1. The van der Waals surface area contributed by atoms with Gasteiger partial charge in [0.25, 0.3) is 0 Å². The topological polar surface area (TPSA) is 21.3 Å². The van der Waals surface area contributed by atoms with Crippen molar-refractivity contribution in [2.24, 2.45) is 0 Å². The zero-order chi connectivity index (χ0) is 14.6. The molecular formula is C16H23ClFNO. The molecule has 0 bridgehead atoms. The van der Waals surface area contributed by atoms with Crippen LogP contribution >= 0.6 is 11.6 Å².